The summed E-state index contributed by atoms with van der Waals surface area (Å²) in [7, 11) is 1.65. The van der Waals surface area contributed by atoms with E-state index in [0.717, 1.165) is 0 Å². The predicted molar refractivity (Wildman–Crippen MR) is 75.8 cm³/mol. The third-order valence-electron chi connectivity index (χ3n) is 2.41. The van der Waals surface area contributed by atoms with Gasteiger partial charge in [-0.1, -0.05) is 12.1 Å². The van der Waals surface area contributed by atoms with Gasteiger partial charge in [-0.2, -0.15) is 0 Å². The number of thioether (sulfide) groups is 1. The molecule has 0 radical (unpaired) electrons. The number of carbonyl (C=O) groups is 1. The molecule has 5 heteroatoms. The standard InChI is InChI=1S/C12H18N2OS.ClH/c1-9(12(15)13-2)14-8-10-4-6-11(16-3)7-5-10;/h4-7,9,14H,8H2,1-3H3,(H,13,15);1H/t9-;/m1./s1. The van der Waals surface area contributed by atoms with Crippen LogP contribution in [-0.4, -0.2) is 25.3 Å². The van der Waals surface area contributed by atoms with Crippen LogP contribution in [0.5, 0.6) is 0 Å². The molecule has 2 N–H and O–H groups in total. The summed E-state index contributed by atoms with van der Waals surface area (Å²) in [5, 5.41) is 5.78. The van der Waals surface area contributed by atoms with Crippen LogP contribution in [0.15, 0.2) is 29.2 Å². The third-order valence-corrected chi connectivity index (χ3v) is 3.15. The zero-order valence-electron chi connectivity index (χ0n) is 10.3. The van der Waals surface area contributed by atoms with Gasteiger partial charge in [0.1, 0.15) is 0 Å². The van der Waals surface area contributed by atoms with Gasteiger partial charge in [-0.15, -0.1) is 24.2 Å². The van der Waals surface area contributed by atoms with Crippen molar-refractivity contribution in [2.75, 3.05) is 13.3 Å². The van der Waals surface area contributed by atoms with Gasteiger partial charge in [0.05, 0.1) is 6.04 Å². The molecule has 0 aliphatic rings. The summed E-state index contributed by atoms with van der Waals surface area (Å²) in [5.74, 6) is 0.0146. The highest BCUT2D eigenvalue weighted by molar-refractivity contribution is 7.98. The van der Waals surface area contributed by atoms with Crippen LogP contribution in [0.25, 0.3) is 0 Å². The van der Waals surface area contributed by atoms with Crippen molar-refractivity contribution >= 4 is 30.1 Å². The highest BCUT2D eigenvalue weighted by Gasteiger charge is 2.09. The maximum Gasteiger partial charge on any atom is 0.236 e. The fourth-order valence-electron chi connectivity index (χ4n) is 1.32. The number of hydrogen-bond acceptors (Lipinski definition) is 3. The molecule has 0 aliphatic carbocycles. The first-order valence-electron chi connectivity index (χ1n) is 5.25. The van der Waals surface area contributed by atoms with Crippen molar-refractivity contribution < 1.29 is 4.79 Å². The van der Waals surface area contributed by atoms with Crippen molar-refractivity contribution in [1.29, 1.82) is 0 Å². The highest BCUT2D eigenvalue weighted by Crippen LogP contribution is 2.14. The topological polar surface area (TPSA) is 41.1 Å². The molecule has 1 amide bonds. The number of benzene rings is 1. The van der Waals surface area contributed by atoms with Gasteiger partial charge in [0.2, 0.25) is 5.91 Å². The first kappa shape index (κ1) is 16.3. The second-order valence-corrected chi connectivity index (χ2v) is 4.44. The predicted octanol–water partition coefficient (Wildman–Crippen LogP) is 2.05. The van der Waals surface area contributed by atoms with Gasteiger partial charge in [0.15, 0.2) is 0 Å². The molecular weight excluding hydrogens is 256 g/mol. The first-order valence-corrected chi connectivity index (χ1v) is 6.47. The smallest absolute Gasteiger partial charge is 0.236 e. The maximum absolute atomic E-state index is 11.3. The van der Waals surface area contributed by atoms with Crippen LogP contribution in [-0.2, 0) is 11.3 Å². The fraction of sp³-hybridized carbons (Fsp3) is 0.417. The summed E-state index contributed by atoms with van der Waals surface area (Å²) < 4.78 is 0. The van der Waals surface area contributed by atoms with Gasteiger partial charge >= 0.3 is 0 Å². The van der Waals surface area contributed by atoms with Gasteiger partial charge < -0.3 is 10.6 Å². The Morgan fingerprint density at radius 1 is 1.35 bits per heavy atom. The molecule has 0 saturated carbocycles. The molecule has 0 unspecified atom stereocenters. The summed E-state index contributed by atoms with van der Waals surface area (Å²) in [6, 6.07) is 8.17. The summed E-state index contributed by atoms with van der Waals surface area (Å²) >= 11 is 1.73. The van der Waals surface area contributed by atoms with Crippen LogP contribution in [0, 0.1) is 0 Å². The van der Waals surface area contributed by atoms with E-state index in [1.165, 1.54) is 10.5 Å². The van der Waals surface area contributed by atoms with E-state index in [2.05, 4.69) is 41.2 Å². The van der Waals surface area contributed by atoms with Crippen molar-refractivity contribution in [2.24, 2.45) is 0 Å². The fourth-order valence-corrected chi connectivity index (χ4v) is 1.73. The average molecular weight is 275 g/mol. The zero-order valence-corrected chi connectivity index (χ0v) is 12.0. The molecule has 0 aromatic heterocycles. The van der Waals surface area contributed by atoms with Crippen molar-refractivity contribution in [1.82, 2.24) is 10.6 Å². The number of carbonyl (C=O) groups excluding carboxylic acids is 1. The first-order chi connectivity index (χ1) is 7.67. The number of likely N-dealkylation sites (N-methyl/N-ethyl adjacent to an activating group) is 1. The SMILES string of the molecule is CNC(=O)[C@@H](C)NCc1ccc(SC)cc1.Cl. The average Bonchev–Trinajstić information content (AvgIpc) is 2.35. The third kappa shape index (κ3) is 5.44. The number of halogens is 1. The maximum atomic E-state index is 11.3. The lowest BCUT2D eigenvalue weighted by Gasteiger charge is -2.12. The lowest BCUT2D eigenvalue weighted by Crippen LogP contribution is -2.40. The van der Waals surface area contributed by atoms with Crippen molar-refractivity contribution in [3.63, 3.8) is 0 Å². The minimum absolute atomic E-state index is 0. The molecule has 0 bridgehead atoms. The van der Waals surface area contributed by atoms with Crippen LogP contribution in [0.3, 0.4) is 0 Å². The lowest BCUT2D eigenvalue weighted by atomic mass is 10.2. The minimum Gasteiger partial charge on any atom is -0.358 e. The largest absolute Gasteiger partial charge is 0.358 e. The van der Waals surface area contributed by atoms with Crippen LogP contribution < -0.4 is 10.6 Å². The normalized spacial score (nSPS) is 11.5. The van der Waals surface area contributed by atoms with Crippen molar-refractivity contribution in [2.45, 2.75) is 24.4 Å². The zero-order chi connectivity index (χ0) is 12.0. The molecule has 0 fully saturated rings. The Bertz CT molecular complexity index is 343. The van der Waals surface area contributed by atoms with Crippen LogP contribution in [0.2, 0.25) is 0 Å². The molecule has 96 valence electrons. The van der Waals surface area contributed by atoms with E-state index in [4.69, 9.17) is 0 Å². The molecule has 1 atom stereocenters. The molecule has 0 aliphatic heterocycles. The quantitative estimate of drug-likeness (QED) is 0.808. The van der Waals surface area contributed by atoms with E-state index in [9.17, 15) is 4.79 Å². The number of rotatable bonds is 5. The highest BCUT2D eigenvalue weighted by atomic mass is 35.5. The molecular formula is C12H19ClN2OS. The molecule has 0 saturated heterocycles. The Morgan fingerprint density at radius 2 is 1.94 bits per heavy atom. The Balaban J connectivity index is 0.00000256. The molecule has 0 spiro atoms. The van der Waals surface area contributed by atoms with Crippen LogP contribution >= 0.6 is 24.2 Å². The van der Waals surface area contributed by atoms with E-state index >= 15 is 0 Å². The van der Waals surface area contributed by atoms with Gasteiger partial charge in [0, 0.05) is 18.5 Å². The number of amides is 1. The van der Waals surface area contributed by atoms with Crippen molar-refractivity contribution in [3.8, 4) is 0 Å². The summed E-state index contributed by atoms with van der Waals surface area (Å²) in [6.45, 7) is 2.57. The summed E-state index contributed by atoms with van der Waals surface area (Å²) in [5.41, 5.74) is 1.19. The lowest BCUT2D eigenvalue weighted by molar-refractivity contribution is -0.122. The molecule has 3 nitrogen and oxygen atoms in total. The summed E-state index contributed by atoms with van der Waals surface area (Å²) in [4.78, 5) is 12.5. The molecule has 17 heavy (non-hydrogen) atoms. The van der Waals surface area contributed by atoms with E-state index < -0.39 is 0 Å². The second kappa shape index (κ2) is 8.39. The van der Waals surface area contributed by atoms with E-state index in [-0.39, 0.29) is 24.4 Å². The van der Waals surface area contributed by atoms with Gasteiger partial charge in [-0.3, -0.25) is 4.79 Å². The number of nitrogens with one attached hydrogen (secondary N) is 2. The van der Waals surface area contributed by atoms with Gasteiger partial charge in [0.25, 0.3) is 0 Å². The Kier molecular flexibility index (Phi) is 8.04. The molecule has 1 rings (SSSR count). The monoisotopic (exact) mass is 274 g/mol. The van der Waals surface area contributed by atoms with Crippen LogP contribution in [0.4, 0.5) is 0 Å². The van der Waals surface area contributed by atoms with Crippen LogP contribution in [0.1, 0.15) is 12.5 Å². The minimum atomic E-state index is -0.162. The van der Waals surface area contributed by atoms with E-state index in [1.807, 2.05) is 6.92 Å². The second-order valence-electron chi connectivity index (χ2n) is 3.56. The summed E-state index contributed by atoms with van der Waals surface area (Å²) in [6.07, 6.45) is 2.06. The molecule has 0 heterocycles. The Labute approximate surface area is 113 Å². The number of hydrogen-bond donors (Lipinski definition) is 2. The van der Waals surface area contributed by atoms with E-state index in [0.29, 0.717) is 6.54 Å². The van der Waals surface area contributed by atoms with Crippen molar-refractivity contribution in [3.05, 3.63) is 29.8 Å². The van der Waals surface area contributed by atoms with E-state index in [1.54, 1.807) is 18.8 Å². The molecule has 1 aromatic carbocycles. The molecule has 1 aromatic rings. The Morgan fingerprint density at radius 3 is 2.41 bits per heavy atom. The van der Waals surface area contributed by atoms with Gasteiger partial charge in [-0.25, -0.2) is 0 Å². The van der Waals surface area contributed by atoms with Gasteiger partial charge in [-0.05, 0) is 30.9 Å². The Hall–Kier alpha value is -0.710.